The number of aryl methyl sites for hydroxylation is 1. The van der Waals surface area contributed by atoms with Gasteiger partial charge in [-0.3, -0.25) is 4.79 Å². The van der Waals surface area contributed by atoms with Crippen LogP contribution in [0.15, 0.2) is 27.4 Å². The van der Waals surface area contributed by atoms with Crippen molar-refractivity contribution in [3.63, 3.8) is 0 Å². The van der Waals surface area contributed by atoms with Gasteiger partial charge < -0.3 is 15.1 Å². The largest absolute Gasteiger partial charge is 0.440 e. The third-order valence-corrected chi connectivity index (χ3v) is 4.15. The van der Waals surface area contributed by atoms with Gasteiger partial charge in [0.25, 0.3) is 0 Å². The molecule has 0 amide bonds. The molecule has 1 fully saturated rings. The zero-order chi connectivity index (χ0) is 15.0. The Morgan fingerprint density at radius 1 is 1.19 bits per heavy atom. The number of hydrogen-bond donors (Lipinski definition) is 1. The van der Waals surface area contributed by atoms with Crippen molar-refractivity contribution in [3.8, 4) is 0 Å². The summed E-state index contributed by atoms with van der Waals surface area (Å²) in [7, 11) is 0. The number of fused-ring (bicyclic) bond motifs is 1. The standard InChI is InChI=1S/C17H22N2O2/c1-11-8-13(12(2)18)17-14(9-11)15(20)10-16(21-17)19-6-4-3-5-7-19/h8-10,12H,3-7,18H2,1-2H3/t12-/m1/s1. The van der Waals surface area contributed by atoms with Crippen molar-refractivity contribution in [2.45, 2.75) is 39.2 Å². The number of hydrogen-bond acceptors (Lipinski definition) is 4. The maximum absolute atomic E-state index is 12.4. The van der Waals surface area contributed by atoms with Crippen LogP contribution in [0.25, 0.3) is 11.0 Å². The number of benzene rings is 1. The average Bonchev–Trinajstić information content (AvgIpc) is 2.48. The highest BCUT2D eigenvalue weighted by atomic mass is 16.4. The summed E-state index contributed by atoms with van der Waals surface area (Å²) in [4.78, 5) is 14.6. The predicted octanol–water partition coefficient (Wildman–Crippen LogP) is 3.11. The highest BCUT2D eigenvalue weighted by Gasteiger charge is 2.17. The fourth-order valence-electron chi connectivity index (χ4n) is 3.03. The van der Waals surface area contributed by atoms with E-state index in [4.69, 9.17) is 10.2 Å². The van der Waals surface area contributed by atoms with E-state index in [9.17, 15) is 4.79 Å². The molecule has 0 aliphatic carbocycles. The molecule has 1 aliphatic rings. The van der Waals surface area contributed by atoms with Crippen LogP contribution in [0.2, 0.25) is 0 Å². The first-order valence-corrected chi connectivity index (χ1v) is 7.65. The Labute approximate surface area is 124 Å². The topological polar surface area (TPSA) is 59.5 Å². The third-order valence-electron chi connectivity index (χ3n) is 4.15. The molecule has 3 rings (SSSR count). The number of piperidine rings is 1. The minimum Gasteiger partial charge on any atom is -0.440 e. The Balaban J connectivity index is 2.19. The molecule has 0 unspecified atom stereocenters. The van der Waals surface area contributed by atoms with Crippen LogP contribution in [0.1, 0.15) is 43.4 Å². The van der Waals surface area contributed by atoms with Gasteiger partial charge in [0, 0.05) is 30.8 Å². The lowest BCUT2D eigenvalue weighted by Gasteiger charge is -2.27. The number of nitrogens with zero attached hydrogens (tertiary/aromatic N) is 1. The molecule has 0 spiro atoms. The molecule has 1 atom stereocenters. The van der Waals surface area contributed by atoms with Gasteiger partial charge in [-0.15, -0.1) is 0 Å². The van der Waals surface area contributed by atoms with E-state index in [-0.39, 0.29) is 11.5 Å². The average molecular weight is 286 g/mol. The fraction of sp³-hybridized carbons (Fsp3) is 0.471. The smallest absolute Gasteiger partial charge is 0.199 e. The van der Waals surface area contributed by atoms with E-state index < -0.39 is 0 Å². The van der Waals surface area contributed by atoms with Crippen molar-refractivity contribution in [2.24, 2.45) is 5.73 Å². The summed E-state index contributed by atoms with van der Waals surface area (Å²) in [6, 6.07) is 5.35. The second-order valence-electron chi connectivity index (χ2n) is 6.02. The minimum atomic E-state index is -0.160. The minimum absolute atomic E-state index is 0.0161. The first kappa shape index (κ1) is 14.1. The van der Waals surface area contributed by atoms with Gasteiger partial charge in [0.15, 0.2) is 11.3 Å². The van der Waals surface area contributed by atoms with Gasteiger partial charge in [-0.1, -0.05) is 6.07 Å². The molecule has 0 bridgehead atoms. The first-order chi connectivity index (χ1) is 10.1. The molecule has 0 saturated carbocycles. The zero-order valence-corrected chi connectivity index (χ0v) is 12.7. The quantitative estimate of drug-likeness (QED) is 0.921. The van der Waals surface area contributed by atoms with Crippen LogP contribution < -0.4 is 16.1 Å². The van der Waals surface area contributed by atoms with E-state index in [1.807, 2.05) is 26.0 Å². The molecule has 4 heteroatoms. The normalized spacial score (nSPS) is 17.2. The van der Waals surface area contributed by atoms with Crippen LogP contribution in [0.5, 0.6) is 0 Å². The van der Waals surface area contributed by atoms with E-state index in [1.165, 1.54) is 6.42 Å². The van der Waals surface area contributed by atoms with Gasteiger partial charge in [0.05, 0.1) is 5.39 Å². The monoisotopic (exact) mass is 286 g/mol. The lowest BCUT2D eigenvalue weighted by atomic mass is 10.0. The Bertz CT molecular complexity index is 713. The van der Waals surface area contributed by atoms with Gasteiger partial charge in [0.2, 0.25) is 0 Å². The van der Waals surface area contributed by atoms with Crippen molar-refractivity contribution in [3.05, 3.63) is 39.5 Å². The molecule has 2 N–H and O–H groups in total. The van der Waals surface area contributed by atoms with Crippen LogP contribution in [0.4, 0.5) is 5.88 Å². The fourth-order valence-corrected chi connectivity index (χ4v) is 3.03. The summed E-state index contributed by atoms with van der Waals surface area (Å²) in [6.45, 7) is 5.80. The van der Waals surface area contributed by atoms with E-state index in [2.05, 4.69) is 4.90 Å². The van der Waals surface area contributed by atoms with Gasteiger partial charge >= 0.3 is 0 Å². The molecule has 1 aromatic carbocycles. The van der Waals surface area contributed by atoms with Crippen molar-refractivity contribution in [1.29, 1.82) is 0 Å². The molecular formula is C17H22N2O2. The predicted molar refractivity (Wildman–Crippen MR) is 85.9 cm³/mol. The Morgan fingerprint density at radius 3 is 2.57 bits per heavy atom. The summed E-state index contributed by atoms with van der Waals surface area (Å²) < 4.78 is 6.08. The van der Waals surface area contributed by atoms with Crippen molar-refractivity contribution in [1.82, 2.24) is 0 Å². The Morgan fingerprint density at radius 2 is 1.90 bits per heavy atom. The van der Waals surface area contributed by atoms with Gasteiger partial charge in [-0.2, -0.15) is 0 Å². The van der Waals surface area contributed by atoms with Gasteiger partial charge in [-0.25, -0.2) is 0 Å². The summed E-state index contributed by atoms with van der Waals surface area (Å²) in [6.07, 6.45) is 3.55. The Kier molecular flexibility index (Phi) is 3.72. The summed E-state index contributed by atoms with van der Waals surface area (Å²) >= 11 is 0. The molecular weight excluding hydrogens is 264 g/mol. The highest BCUT2D eigenvalue weighted by molar-refractivity contribution is 5.82. The molecule has 1 aliphatic heterocycles. The number of nitrogens with two attached hydrogens (primary N) is 1. The number of rotatable bonds is 2. The maximum atomic E-state index is 12.4. The summed E-state index contributed by atoms with van der Waals surface area (Å²) in [5, 5.41) is 0.628. The van der Waals surface area contributed by atoms with Crippen LogP contribution >= 0.6 is 0 Å². The van der Waals surface area contributed by atoms with E-state index in [1.54, 1.807) is 6.07 Å². The highest BCUT2D eigenvalue weighted by Crippen LogP contribution is 2.28. The van der Waals surface area contributed by atoms with E-state index in [0.717, 1.165) is 37.1 Å². The molecule has 1 saturated heterocycles. The van der Waals surface area contributed by atoms with Crippen LogP contribution in [0, 0.1) is 6.92 Å². The molecule has 2 heterocycles. The molecule has 112 valence electrons. The molecule has 2 aromatic rings. The van der Waals surface area contributed by atoms with Gasteiger partial charge in [-0.05, 0) is 44.7 Å². The lowest BCUT2D eigenvalue weighted by Crippen LogP contribution is -2.30. The molecule has 0 radical (unpaired) electrons. The molecule has 1 aromatic heterocycles. The van der Waals surface area contributed by atoms with Gasteiger partial charge in [0.1, 0.15) is 5.58 Å². The van der Waals surface area contributed by atoms with Crippen LogP contribution in [0.3, 0.4) is 0 Å². The molecule has 4 nitrogen and oxygen atoms in total. The Hall–Kier alpha value is -1.81. The van der Waals surface area contributed by atoms with Crippen LogP contribution in [-0.4, -0.2) is 13.1 Å². The number of anilines is 1. The second kappa shape index (κ2) is 5.53. The van der Waals surface area contributed by atoms with E-state index >= 15 is 0 Å². The summed E-state index contributed by atoms with van der Waals surface area (Å²) in [5.74, 6) is 0.679. The lowest BCUT2D eigenvalue weighted by molar-refractivity contribution is 0.510. The molecule has 21 heavy (non-hydrogen) atoms. The zero-order valence-electron chi connectivity index (χ0n) is 12.7. The van der Waals surface area contributed by atoms with Crippen LogP contribution in [-0.2, 0) is 0 Å². The second-order valence-corrected chi connectivity index (χ2v) is 6.02. The van der Waals surface area contributed by atoms with Crippen molar-refractivity contribution in [2.75, 3.05) is 18.0 Å². The maximum Gasteiger partial charge on any atom is 0.199 e. The SMILES string of the molecule is Cc1cc([C@@H](C)N)c2oc(N3CCCCC3)cc(=O)c2c1. The third kappa shape index (κ3) is 2.68. The first-order valence-electron chi connectivity index (χ1n) is 7.65. The van der Waals surface area contributed by atoms with E-state index in [0.29, 0.717) is 16.9 Å². The van der Waals surface area contributed by atoms with Crippen molar-refractivity contribution >= 4 is 16.9 Å². The van der Waals surface area contributed by atoms with Crippen molar-refractivity contribution < 1.29 is 4.42 Å². The summed E-state index contributed by atoms with van der Waals surface area (Å²) in [5.41, 5.74) is 8.65.